The lowest BCUT2D eigenvalue weighted by molar-refractivity contribution is 0.00307. The van der Waals surface area contributed by atoms with Crippen LogP contribution >= 0.6 is 0 Å². The van der Waals surface area contributed by atoms with Crippen LogP contribution in [0.4, 0.5) is 4.39 Å². The number of hydrogen-bond donors (Lipinski definition) is 1. The molecule has 0 fully saturated rings. The molecule has 19 heavy (non-hydrogen) atoms. The number of aliphatic hydroxyl groups excluding tert-OH is 1. The number of halogens is 1. The Balaban J connectivity index is 2.21. The molecule has 1 heterocycles. The molecule has 0 radical (unpaired) electrons. The van der Waals surface area contributed by atoms with Crippen LogP contribution in [0.25, 0.3) is 0 Å². The molecule has 3 nitrogen and oxygen atoms in total. The SMILES string of the molecule is CCCN(CCC)C1COc2ccc(F)cc2C1O. The normalized spacial score (nSPS) is 22.2. The summed E-state index contributed by atoms with van der Waals surface area (Å²) in [5.74, 6) is 0.262. The van der Waals surface area contributed by atoms with E-state index in [2.05, 4.69) is 18.7 Å². The number of aliphatic hydroxyl groups is 1. The summed E-state index contributed by atoms with van der Waals surface area (Å²) in [6.45, 7) is 6.53. The van der Waals surface area contributed by atoms with E-state index < -0.39 is 6.10 Å². The molecule has 0 bridgehead atoms. The summed E-state index contributed by atoms with van der Waals surface area (Å²) in [6, 6.07) is 4.24. The molecule has 1 N–H and O–H groups in total. The Morgan fingerprint density at radius 3 is 2.63 bits per heavy atom. The molecule has 0 aliphatic carbocycles. The zero-order valence-corrected chi connectivity index (χ0v) is 11.6. The van der Waals surface area contributed by atoms with Crippen molar-refractivity contribution in [2.75, 3.05) is 19.7 Å². The minimum Gasteiger partial charge on any atom is -0.491 e. The fourth-order valence-electron chi connectivity index (χ4n) is 2.68. The number of fused-ring (bicyclic) bond motifs is 1. The van der Waals surface area contributed by atoms with Crippen molar-refractivity contribution in [3.63, 3.8) is 0 Å². The third-order valence-electron chi connectivity index (χ3n) is 3.56. The molecule has 106 valence electrons. The fraction of sp³-hybridized carbons (Fsp3) is 0.600. The molecule has 0 amide bonds. The summed E-state index contributed by atoms with van der Waals surface area (Å²) in [6.07, 6.45) is 1.37. The van der Waals surface area contributed by atoms with Crippen molar-refractivity contribution in [2.24, 2.45) is 0 Å². The third kappa shape index (κ3) is 3.07. The predicted molar refractivity (Wildman–Crippen MR) is 72.8 cm³/mol. The number of rotatable bonds is 5. The monoisotopic (exact) mass is 267 g/mol. The van der Waals surface area contributed by atoms with E-state index in [4.69, 9.17) is 4.74 Å². The maximum Gasteiger partial charge on any atom is 0.125 e. The van der Waals surface area contributed by atoms with Gasteiger partial charge in [0.2, 0.25) is 0 Å². The molecule has 1 aliphatic rings. The zero-order chi connectivity index (χ0) is 13.8. The molecule has 1 aromatic rings. The van der Waals surface area contributed by atoms with Gasteiger partial charge in [-0.1, -0.05) is 13.8 Å². The highest BCUT2D eigenvalue weighted by molar-refractivity contribution is 5.38. The van der Waals surface area contributed by atoms with Crippen molar-refractivity contribution in [1.82, 2.24) is 4.90 Å². The molecule has 2 unspecified atom stereocenters. The molecule has 0 spiro atoms. The van der Waals surface area contributed by atoms with E-state index in [-0.39, 0.29) is 11.9 Å². The lowest BCUT2D eigenvalue weighted by Crippen LogP contribution is -2.46. The zero-order valence-electron chi connectivity index (χ0n) is 11.6. The summed E-state index contributed by atoms with van der Waals surface area (Å²) < 4.78 is 19.0. The second-order valence-electron chi connectivity index (χ2n) is 5.04. The van der Waals surface area contributed by atoms with Crippen molar-refractivity contribution < 1.29 is 14.2 Å². The van der Waals surface area contributed by atoms with E-state index in [0.29, 0.717) is 17.9 Å². The van der Waals surface area contributed by atoms with Gasteiger partial charge >= 0.3 is 0 Å². The summed E-state index contributed by atoms with van der Waals surface area (Å²) in [7, 11) is 0. The van der Waals surface area contributed by atoms with Gasteiger partial charge in [-0.15, -0.1) is 0 Å². The topological polar surface area (TPSA) is 32.7 Å². The molecule has 2 rings (SSSR count). The molecule has 1 aromatic carbocycles. The van der Waals surface area contributed by atoms with Gasteiger partial charge in [-0.25, -0.2) is 4.39 Å². The van der Waals surface area contributed by atoms with Gasteiger partial charge < -0.3 is 9.84 Å². The Bertz CT molecular complexity index is 419. The van der Waals surface area contributed by atoms with E-state index >= 15 is 0 Å². The highest BCUT2D eigenvalue weighted by Gasteiger charge is 2.33. The maximum absolute atomic E-state index is 13.3. The fourth-order valence-corrected chi connectivity index (χ4v) is 2.68. The predicted octanol–water partition coefficient (Wildman–Crippen LogP) is 2.74. The van der Waals surface area contributed by atoms with Crippen LogP contribution < -0.4 is 4.74 Å². The van der Waals surface area contributed by atoms with Crippen LogP contribution in [0, 0.1) is 5.82 Å². The Labute approximate surface area is 114 Å². The van der Waals surface area contributed by atoms with Crippen LogP contribution in [0.5, 0.6) is 5.75 Å². The molecular formula is C15H22FNO2. The summed E-state index contributed by atoms with van der Waals surface area (Å²) >= 11 is 0. The van der Waals surface area contributed by atoms with Gasteiger partial charge in [-0.2, -0.15) is 0 Å². The summed E-state index contributed by atoms with van der Waals surface area (Å²) in [4.78, 5) is 2.23. The molecule has 0 saturated carbocycles. The number of nitrogens with zero attached hydrogens (tertiary/aromatic N) is 1. The van der Waals surface area contributed by atoms with Crippen molar-refractivity contribution in [3.8, 4) is 5.75 Å². The van der Waals surface area contributed by atoms with Crippen molar-refractivity contribution in [3.05, 3.63) is 29.6 Å². The second kappa shape index (κ2) is 6.35. The minimum absolute atomic E-state index is 0.0887. The number of ether oxygens (including phenoxy) is 1. The number of hydrogen-bond acceptors (Lipinski definition) is 3. The third-order valence-corrected chi connectivity index (χ3v) is 3.56. The van der Waals surface area contributed by atoms with Crippen LogP contribution in [0.15, 0.2) is 18.2 Å². The first-order valence-electron chi connectivity index (χ1n) is 7.01. The molecule has 2 atom stereocenters. The Kier molecular flexibility index (Phi) is 4.77. The number of benzene rings is 1. The van der Waals surface area contributed by atoms with E-state index in [9.17, 15) is 9.50 Å². The Morgan fingerprint density at radius 2 is 2.00 bits per heavy atom. The molecule has 0 aromatic heterocycles. The van der Waals surface area contributed by atoms with Gasteiger partial charge in [0.15, 0.2) is 0 Å². The first kappa shape index (κ1) is 14.3. The van der Waals surface area contributed by atoms with Crippen molar-refractivity contribution >= 4 is 0 Å². The highest BCUT2D eigenvalue weighted by Crippen LogP contribution is 2.34. The average Bonchev–Trinajstić information content (AvgIpc) is 2.40. The lowest BCUT2D eigenvalue weighted by atomic mass is 9.97. The van der Waals surface area contributed by atoms with Gasteiger partial charge in [0.25, 0.3) is 0 Å². The second-order valence-corrected chi connectivity index (χ2v) is 5.04. The first-order valence-corrected chi connectivity index (χ1v) is 7.01. The Hall–Kier alpha value is -1.13. The summed E-state index contributed by atoms with van der Waals surface area (Å²) in [5, 5.41) is 10.5. The van der Waals surface area contributed by atoms with Gasteiger partial charge in [-0.05, 0) is 44.1 Å². The standard InChI is InChI=1S/C15H22FNO2/c1-3-7-17(8-4-2)13-10-19-14-6-5-11(16)9-12(14)15(13)18/h5-6,9,13,15,18H,3-4,7-8,10H2,1-2H3. The van der Waals surface area contributed by atoms with Gasteiger partial charge in [0.05, 0.1) is 6.04 Å². The van der Waals surface area contributed by atoms with E-state index in [1.165, 1.54) is 12.1 Å². The molecule has 1 aliphatic heterocycles. The van der Waals surface area contributed by atoms with Crippen LogP contribution in [0.1, 0.15) is 38.4 Å². The van der Waals surface area contributed by atoms with Crippen molar-refractivity contribution in [2.45, 2.75) is 38.8 Å². The maximum atomic E-state index is 13.3. The van der Waals surface area contributed by atoms with Crippen LogP contribution in [-0.2, 0) is 0 Å². The lowest BCUT2D eigenvalue weighted by Gasteiger charge is -2.38. The Morgan fingerprint density at radius 1 is 1.32 bits per heavy atom. The largest absolute Gasteiger partial charge is 0.491 e. The molecular weight excluding hydrogens is 245 g/mol. The van der Waals surface area contributed by atoms with E-state index in [1.807, 2.05) is 0 Å². The van der Waals surface area contributed by atoms with E-state index in [1.54, 1.807) is 6.07 Å². The molecule has 4 heteroatoms. The van der Waals surface area contributed by atoms with Crippen LogP contribution in [0.3, 0.4) is 0 Å². The van der Waals surface area contributed by atoms with E-state index in [0.717, 1.165) is 25.9 Å². The van der Waals surface area contributed by atoms with Gasteiger partial charge in [0.1, 0.15) is 24.3 Å². The highest BCUT2D eigenvalue weighted by atomic mass is 19.1. The van der Waals surface area contributed by atoms with Crippen LogP contribution in [-0.4, -0.2) is 35.7 Å². The smallest absolute Gasteiger partial charge is 0.125 e. The van der Waals surface area contributed by atoms with Gasteiger partial charge in [0, 0.05) is 5.56 Å². The summed E-state index contributed by atoms with van der Waals surface area (Å²) in [5.41, 5.74) is 0.563. The quantitative estimate of drug-likeness (QED) is 0.890. The van der Waals surface area contributed by atoms with Crippen molar-refractivity contribution in [1.29, 1.82) is 0 Å². The molecule has 0 saturated heterocycles. The van der Waals surface area contributed by atoms with Crippen LogP contribution in [0.2, 0.25) is 0 Å². The van der Waals surface area contributed by atoms with Gasteiger partial charge in [-0.3, -0.25) is 4.90 Å². The minimum atomic E-state index is -0.683. The average molecular weight is 267 g/mol. The first-order chi connectivity index (χ1) is 9.17.